The van der Waals surface area contributed by atoms with Crippen LogP contribution in [0.5, 0.6) is 0 Å². The van der Waals surface area contributed by atoms with Crippen molar-refractivity contribution in [2.45, 2.75) is 24.3 Å². The lowest BCUT2D eigenvalue weighted by Gasteiger charge is -2.03. The Morgan fingerprint density at radius 3 is 3.15 bits per heavy atom. The van der Waals surface area contributed by atoms with Gasteiger partial charge in [-0.15, -0.1) is 11.8 Å². The molecule has 0 bridgehead atoms. The quantitative estimate of drug-likeness (QED) is 0.580. The Kier molecular flexibility index (Phi) is 2.80. The summed E-state index contributed by atoms with van der Waals surface area (Å²) in [5.41, 5.74) is 2.51. The highest BCUT2D eigenvalue weighted by molar-refractivity contribution is 7.99. The van der Waals surface area contributed by atoms with Gasteiger partial charge in [0, 0.05) is 17.0 Å². The number of hydrogen-bond donors (Lipinski definition) is 1. The van der Waals surface area contributed by atoms with E-state index in [2.05, 4.69) is 9.97 Å². The van der Waals surface area contributed by atoms with E-state index in [0.29, 0.717) is 0 Å². The molecule has 0 fully saturated rings. The standard InChI is InChI=1S/C9H12N2OS/c12-4-5-13-9-7-2-1-3-8(7)10-6-11-9/h6,12H,1-5H2. The predicted octanol–water partition coefficient (Wildman–Crippen LogP) is 1.05. The zero-order chi connectivity index (χ0) is 9.10. The molecule has 1 aliphatic carbocycles. The fourth-order valence-corrected chi connectivity index (χ4v) is 2.40. The summed E-state index contributed by atoms with van der Waals surface area (Å²) in [6.07, 6.45) is 5.01. The van der Waals surface area contributed by atoms with Gasteiger partial charge in [0.2, 0.25) is 0 Å². The van der Waals surface area contributed by atoms with Crippen molar-refractivity contribution in [2.24, 2.45) is 0 Å². The van der Waals surface area contributed by atoms with Crippen LogP contribution < -0.4 is 0 Å². The first-order chi connectivity index (χ1) is 6.42. The molecule has 13 heavy (non-hydrogen) atoms. The van der Waals surface area contributed by atoms with Gasteiger partial charge in [-0.05, 0) is 19.3 Å². The van der Waals surface area contributed by atoms with Crippen LogP contribution in [-0.2, 0) is 12.8 Å². The normalized spacial score (nSPS) is 14.5. The lowest BCUT2D eigenvalue weighted by molar-refractivity contribution is 0.322. The van der Waals surface area contributed by atoms with Crippen LogP contribution in [0.3, 0.4) is 0 Å². The maximum atomic E-state index is 8.71. The van der Waals surface area contributed by atoms with Gasteiger partial charge in [0.1, 0.15) is 11.4 Å². The van der Waals surface area contributed by atoms with Crippen LogP contribution in [0, 0.1) is 0 Å². The Morgan fingerprint density at radius 1 is 1.38 bits per heavy atom. The number of aliphatic hydroxyl groups excluding tert-OH is 1. The summed E-state index contributed by atoms with van der Waals surface area (Å²) in [4.78, 5) is 8.47. The molecule has 1 aromatic heterocycles. The number of aliphatic hydroxyl groups is 1. The van der Waals surface area contributed by atoms with Crippen molar-refractivity contribution in [1.29, 1.82) is 0 Å². The van der Waals surface area contributed by atoms with Crippen molar-refractivity contribution in [2.75, 3.05) is 12.4 Å². The second-order valence-electron chi connectivity index (χ2n) is 3.03. The van der Waals surface area contributed by atoms with Crippen molar-refractivity contribution in [3.63, 3.8) is 0 Å². The molecule has 1 aromatic rings. The molecular weight excluding hydrogens is 184 g/mol. The summed E-state index contributed by atoms with van der Waals surface area (Å²) < 4.78 is 0. The summed E-state index contributed by atoms with van der Waals surface area (Å²) in [7, 11) is 0. The van der Waals surface area contributed by atoms with Gasteiger partial charge in [-0.3, -0.25) is 0 Å². The molecule has 0 radical (unpaired) electrons. The molecule has 0 unspecified atom stereocenters. The first kappa shape index (κ1) is 8.97. The highest BCUT2D eigenvalue weighted by Crippen LogP contribution is 2.28. The molecule has 4 heteroatoms. The first-order valence-electron chi connectivity index (χ1n) is 4.48. The minimum atomic E-state index is 0.212. The van der Waals surface area contributed by atoms with Crippen LogP contribution in [0.4, 0.5) is 0 Å². The van der Waals surface area contributed by atoms with E-state index in [0.717, 1.165) is 23.6 Å². The lowest BCUT2D eigenvalue weighted by atomic mass is 10.3. The van der Waals surface area contributed by atoms with Crippen molar-refractivity contribution in [1.82, 2.24) is 9.97 Å². The van der Waals surface area contributed by atoms with Gasteiger partial charge in [-0.2, -0.15) is 0 Å². The van der Waals surface area contributed by atoms with E-state index >= 15 is 0 Å². The molecule has 3 nitrogen and oxygen atoms in total. The van der Waals surface area contributed by atoms with Gasteiger partial charge in [0.05, 0.1) is 6.61 Å². The maximum Gasteiger partial charge on any atom is 0.116 e. The highest BCUT2D eigenvalue weighted by atomic mass is 32.2. The number of fused-ring (bicyclic) bond motifs is 1. The maximum absolute atomic E-state index is 8.71. The Balaban J connectivity index is 2.20. The average Bonchev–Trinajstić information content (AvgIpc) is 2.62. The molecular formula is C9H12N2OS. The third kappa shape index (κ3) is 1.84. The number of aromatic nitrogens is 2. The van der Waals surface area contributed by atoms with E-state index in [9.17, 15) is 0 Å². The summed E-state index contributed by atoms with van der Waals surface area (Å²) in [6, 6.07) is 0. The van der Waals surface area contributed by atoms with Crippen LogP contribution in [-0.4, -0.2) is 27.4 Å². The second kappa shape index (κ2) is 4.07. The Morgan fingerprint density at radius 2 is 2.31 bits per heavy atom. The second-order valence-corrected chi connectivity index (χ2v) is 4.11. The van der Waals surface area contributed by atoms with Gasteiger partial charge >= 0.3 is 0 Å². The summed E-state index contributed by atoms with van der Waals surface area (Å²) >= 11 is 1.62. The molecule has 0 atom stereocenters. The van der Waals surface area contributed by atoms with Crippen LogP contribution in [0.1, 0.15) is 17.7 Å². The summed E-state index contributed by atoms with van der Waals surface area (Å²) in [6.45, 7) is 0.212. The van der Waals surface area contributed by atoms with Gasteiger partial charge in [-0.1, -0.05) is 0 Å². The van der Waals surface area contributed by atoms with E-state index < -0.39 is 0 Å². The zero-order valence-electron chi connectivity index (χ0n) is 7.36. The average molecular weight is 196 g/mol. The number of thioether (sulfide) groups is 1. The van der Waals surface area contributed by atoms with E-state index in [1.54, 1.807) is 18.1 Å². The minimum Gasteiger partial charge on any atom is -0.396 e. The number of aryl methyl sites for hydroxylation is 1. The monoisotopic (exact) mass is 196 g/mol. The van der Waals surface area contributed by atoms with Crippen LogP contribution in [0.2, 0.25) is 0 Å². The molecule has 0 saturated heterocycles. The van der Waals surface area contributed by atoms with Crippen molar-refractivity contribution < 1.29 is 5.11 Å². The molecule has 0 saturated carbocycles. The van der Waals surface area contributed by atoms with Crippen LogP contribution >= 0.6 is 11.8 Å². The van der Waals surface area contributed by atoms with E-state index in [4.69, 9.17) is 5.11 Å². The molecule has 0 aliphatic heterocycles. The van der Waals surface area contributed by atoms with Crippen molar-refractivity contribution >= 4 is 11.8 Å². The first-order valence-corrected chi connectivity index (χ1v) is 5.47. The number of hydrogen-bond acceptors (Lipinski definition) is 4. The smallest absolute Gasteiger partial charge is 0.116 e. The van der Waals surface area contributed by atoms with Gasteiger partial charge < -0.3 is 5.11 Å². The molecule has 0 amide bonds. The van der Waals surface area contributed by atoms with Crippen molar-refractivity contribution in [3.8, 4) is 0 Å². The fourth-order valence-electron chi connectivity index (χ4n) is 1.60. The highest BCUT2D eigenvalue weighted by Gasteiger charge is 2.16. The fraction of sp³-hybridized carbons (Fsp3) is 0.556. The molecule has 1 heterocycles. The topological polar surface area (TPSA) is 46.0 Å². The zero-order valence-corrected chi connectivity index (χ0v) is 8.18. The Bertz CT molecular complexity index is 304. The van der Waals surface area contributed by atoms with Gasteiger partial charge in [0.15, 0.2) is 0 Å². The minimum absolute atomic E-state index is 0.212. The van der Waals surface area contributed by atoms with E-state index in [1.807, 2.05) is 0 Å². The summed E-state index contributed by atoms with van der Waals surface area (Å²) in [5, 5.41) is 9.78. The SMILES string of the molecule is OCCSc1ncnc2c1CCC2. The molecule has 1 aliphatic rings. The van der Waals surface area contributed by atoms with E-state index in [1.165, 1.54) is 17.7 Å². The summed E-state index contributed by atoms with van der Waals surface area (Å²) in [5.74, 6) is 0.726. The number of nitrogens with zero attached hydrogens (tertiary/aromatic N) is 2. The Hall–Kier alpha value is -0.610. The third-order valence-electron chi connectivity index (χ3n) is 2.17. The third-order valence-corrected chi connectivity index (χ3v) is 3.18. The molecule has 70 valence electrons. The number of rotatable bonds is 3. The lowest BCUT2D eigenvalue weighted by Crippen LogP contribution is -1.96. The van der Waals surface area contributed by atoms with Crippen LogP contribution in [0.25, 0.3) is 0 Å². The van der Waals surface area contributed by atoms with Crippen molar-refractivity contribution in [3.05, 3.63) is 17.6 Å². The molecule has 1 N–H and O–H groups in total. The van der Waals surface area contributed by atoms with E-state index in [-0.39, 0.29) is 6.61 Å². The Labute approximate surface area is 81.6 Å². The predicted molar refractivity (Wildman–Crippen MR) is 51.9 cm³/mol. The van der Waals surface area contributed by atoms with Gasteiger partial charge in [0.25, 0.3) is 0 Å². The molecule has 2 rings (SSSR count). The van der Waals surface area contributed by atoms with Gasteiger partial charge in [-0.25, -0.2) is 9.97 Å². The molecule has 0 aromatic carbocycles. The van der Waals surface area contributed by atoms with Crippen LogP contribution in [0.15, 0.2) is 11.4 Å². The molecule has 0 spiro atoms. The largest absolute Gasteiger partial charge is 0.396 e.